The molecule has 3 rings (SSSR count). The maximum Gasteiger partial charge on any atom is 0.430 e. The zero-order valence-corrected chi connectivity index (χ0v) is 17.5. The molecular formula is C21H19F7O3S. The standard InChI is InChI=1S/C21H19F7O3S/c1-31-19(20(23,24)25,21(26,27)28)15-6-4-14(5-7-15)18(12-2-3-13-18)32(29,30)17-10-8-16(22)9-11-17/h4-11H,2-3,12-13H2,1H3. The van der Waals surface area contributed by atoms with E-state index in [0.29, 0.717) is 32.1 Å². The van der Waals surface area contributed by atoms with Gasteiger partial charge in [0.1, 0.15) is 10.6 Å². The van der Waals surface area contributed by atoms with Crippen LogP contribution in [0.2, 0.25) is 0 Å². The van der Waals surface area contributed by atoms with Gasteiger partial charge in [0.2, 0.25) is 0 Å². The molecule has 0 radical (unpaired) electrons. The number of alkyl halides is 6. The van der Waals surface area contributed by atoms with Crippen LogP contribution in [0, 0.1) is 5.82 Å². The number of hydrogen-bond donors (Lipinski definition) is 0. The number of rotatable bonds is 5. The van der Waals surface area contributed by atoms with E-state index in [0.717, 1.165) is 36.4 Å². The average molecular weight is 484 g/mol. The monoisotopic (exact) mass is 484 g/mol. The maximum atomic E-state index is 13.5. The Balaban J connectivity index is 2.14. The third kappa shape index (κ3) is 3.59. The lowest BCUT2D eigenvalue weighted by atomic mass is 9.88. The van der Waals surface area contributed by atoms with Crippen LogP contribution in [0.4, 0.5) is 30.7 Å². The number of ether oxygens (including phenoxy) is 1. The molecule has 0 atom stereocenters. The number of sulfone groups is 1. The molecule has 1 aliphatic rings. The molecule has 3 nitrogen and oxygen atoms in total. The fourth-order valence-electron chi connectivity index (χ4n) is 4.34. The Bertz CT molecular complexity index is 1040. The first-order valence-electron chi connectivity index (χ1n) is 9.53. The molecule has 1 aliphatic carbocycles. The van der Waals surface area contributed by atoms with Crippen LogP contribution in [-0.4, -0.2) is 27.9 Å². The van der Waals surface area contributed by atoms with Gasteiger partial charge in [0.25, 0.3) is 5.60 Å². The molecule has 11 heteroatoms. The first-order valence-corrected chi connectivity index (χ1v) is 11.0. The maximum absolute atomic E-state index is 13.5. The van der Waals surface area contributed by atoms with Gasteiger partial charge >= 0.3 is 12.4 Å². The topological polar surface area (TPSA) is 43.4 Å². The van der Waals surface area contributed by atoms with Crippen molar-refractivity contribution < 1.29 is 43.9 Å². The Kier molecular flexibility index (Phi) is 6.14. The molecule has 0 aliphatic heterocycles. The predicted molar refractivity (Wildman–Crippen MR) is 101 cm³/mol. The van der Waals surface area contributed by atoms with Crippen molar-refractivity contribution in [3.63, 3.8) is 0 Å². The van der Waals surface area contributed by atoms with Crippen molar-refractivity contribution in [1.29, 1.82) is 0 Å². The van der Waals surface area contributed by atoms with Gasteiger partial charge in [-0.1, -0.05) is 37.1 Å². The Labute approximate surface area is 180 Å². The highest BCUT2D eigenvalue weighted by atomic mass is 32.2. The molecule has 0 N–H and O–H groups in total. The molecule has 1 saturated carbocycles. The van der Waals surface area contributed by atoms with Gasteiger partial charge in [-0.2, -0.15) is 26.3 Å². The molecule has 0 amide bonds. The summed E-state index contributed by atoms with van der Waals surface area (Å²) < 4.78 is 124. The van der Waals surface area contributed by atoms with Crippen molar-refractivity contribution in [3.05, 3.63) is 65.5 Å². The zero-order valence-electron chi connectivity index (χ0n) is 16.7. The third-order valence-corrected chi connectivity index (χ3v) is 8.54. The SMILES string of the molecule is COC(c1ccc(C2(S(=O)(=O)c3ccc(F)cc3)CCCC2)cc1)(C(F)(F)F)C(F)(F)F. The van der Waals surface area contributed by atoms with Gasteiger partial charge in [-0.05, 0) is 42.7 Å². The minimum Gasteiger partial charge on any atom is -0.357 e. The quantitative estimate of drug-likeness (QED) is 0.384. The van der Waals surface area contributed by atoms with Crippen LogP contribution in [0.25, 0.3) is 0 Å². The summed E-state index contributed by atoms with van der Waals surface area (Å²) in [6, 6.07) is 7.24. The normalized spacial score (nSPS) is 17.5. The first-order chi connectivity index (χ1) is 14.7. The van der Waals surface area contributed by atoms with Gasteiger partial charge in [-0.3, -0.25) is 0 Å². The Morgan fingerprint density at radius 2 is 1.28 bits per heavy atom. The lowest BCUT2D eigenvalue weighted by Crippen LogP contribution is -2.55. The predicted octanol–water partition coefficient (Wildman–Crippen LogP) is 6.04. The lowest BCUT2D eigenvalue weighted by Gasteiger charge is -2.36. The molecule has 0 aromatic heterocycles. The average Bonchev–Trinajstić information content (AvgIpc) is 3.19. The van der Waals surface area contributed by atoms with E-state index in [1.807, 2.05) is 0 Å². The number of hydrogen-bond acceptors (Lipinski definition) is 3. The molecule has 0 bridgehead atoms. The minimum atomic E-state index is -5.81. The fourth-order valence-corrected chi connectivity index (χ4v) is 6.56. The van der Waals surface area contributed by atoms with Gasteiger partial charge < -0.3 is 4.74 Å². The Hall–Kier alpha value is -2.14. The van der Waals surface area contributed by atoms with Crippen molar-refractivity contribution in [2.45, 2.75) is 53.3 Å². The lowest BCUT2D eigenvalue weighted by molar-refractivity contribution is -0.383. The summed E-state index contributed by atoms with van der Waals surface area (Å²) in [4.78, 5) is -0.179. The van der Waals surface area contributed by atoms with Crippen LogP contribution in [0.1, 0.15) is 36.8 Å². The number of methoxy groups -OCH3 is 1. The van der Waals surface area contributed by atoms with Gasteiger partial charge in [-0.25, -0.2) is 12.8 Å². The summed E-state index contributed by atoms with van der Waals surface area (Å²) in [5.41, 5.74) is -5.70. The molecule has 1 fully saturated rings. The van der Waals surface area contributed by atoms with Crippen LogP contribution < -0.4 is 0 Å². The molecule has 0 saturated heterocycles. The summed E-state index contributed by atoms with van der Waals surface area (Å²) in [7, 11) is -3.81. The Morgan fingerprint density at radius 1 is 0.812 bits per heavy atom. The second-order valence-corrected chi connectivity index (χ2v) is 9.88. The van der Waals surface area contributed by atoms with Gasteiger partial charge in [-0.15, -0.1) is 0 Å². The van der Waals surface area contributed by atoms with E-state index in [9.17, 15) is 39.2 Å². The number of benzene rings is 2. The summed E-state index contributed by atoms with van der Waals surface area (Å²) >= 11 is 0. The highest BCUT2D eigenvalue weighted by molar-refractivity contribution is 7.92. The molecule has 0 heterocycles. The zero-order chi connectivity index (χ0) is 24.0. The smallest absolute Gasteiger partial charge is 0.357 e. The summed E-state index contributed by atoms with van der Waals surface area (Å²) in [6.45, 7) is 0. The highest BCUT2D eigenvalue weighted by Gasteiger charge is 2.73. The third-order valence-electron chi connectivity index (χ3n) is 5.97. The largest absolute Gasteiger partial charge is 0.430 e. The van der Waals surface area contributed by atoms with E-state index in [1.54, 1.807) is 0 Å². The summed E-state index contributed by atoms with van der Waals surface area (Å²) in [5.74, 6) is -0.649. The molecule has 0 unspecified atom stereocenters. The molecule has 2 aromatic rings. The van der Waals surface area contributed by atoms with E-state index in [1.165, 1.54) is 0 Å². The van der Waals surface area contributed by atoms with E-state index < -0.39 is 43.9 Å². The van der Waals surface area contributed by atoms with Crippen molar-refractivity contribution in [1.82, 2.24) is 0 Å². The summed E-state index contributed by atoms with van der Waals surface area (Å²) in [5, 5.41) is 0. The van der Waals surface area contributed by atoms with Crippen LogP contribution in [0.5, 0.6) is 0 Å². The van der Waals surface area contributed by atoms with Gasteiger partial charge in [0, 0.05) is 12.7 Å². The van der Waals surface area contributed by atoms with Gasteiger partial charge in [0.05, 0.1) is 4.90 Å². The molecule has 176 valence electrons. The second kappa shape index (κ2) is 8.02. The minimum absolute atomic E-state index is 0.0671. The second-order valence-electron chi connectivity index (χ2n) is 7.62. The Morgan fingerprint density at radius 3 is 1.69 bits per heavy atom. The van der Waals surface area contributed by atoms with Crippen molar-refractivity contribution in [2.24, 2.45) is 0 Å². The van der Waals surface area contributed by atoms with Crippen LogP contribution in [0.3, 0.4) is 0 Å². The summed E-state index contributed by atoms with van der Waals surface area (Å²) in [6.07, 6.45) is -10.4. The van der Waals surface area contributed by atoms with E-state index in [-0.39, 0.29) is 23.3 Å². The van der Waals surface area contributed by atoms with E-state index in [2.05, 4.69) is 4.74 Å². The number of halogens is 7. The van der Waals surface area contributed by atoms with E-state index >= 15 is 0 Å². The molecule has 2 aromatic carbocycles. The van der Waals surface area contributed by atoms with Crippen LogP contribution in [-0.2, 0) is 24.9 Å². The van der Waals surface area contributed by atoms with Crippen LogP contribution in [0.15, 0.2) is 53.4 Å². The first kappa shape index (κ1) is 24.5. The molecule has 0 spiro atoms. The van der Waals surface area contributed by atoms with Crippen molar-refractivity contribution in [2.75, 3.05) is 7.11 Å². The van der Waals surface area contributed by atoms with Crippen LogP contribution >= 0.6 is 0 Å². The molecule has 32 heavy (non-hydrogen) atoms. The highest BCUT2D eigenvalue weighted by Crippen LogP contribution is 2.54. The van der Waals surface area contributed by atoms with Gasteiger partial charge in [0.15, 0.2) is 9.84 Å². The van der Waals surface area contributed by atoms with E-state index in [4.69, 9.17) is 0 Å². The molecular weight excluding hydrogens is 465 g/mol. The van der Waals surface area contributed by atoms with Crippen molar-refractivity contribution in [3.8, 4) is 0 Å². The fraction of sp³-hybridized carbons (Fsp3) is 0.429. The van der Waals surface area contributed by atoms with Crippen molar-refractivity contribution >= 4 is 9.84 Å².